The number of amides is 2. The zero-order chi connectivity index (χ0) is 20.8. The molecule has 0 bridgehead atoms. The predicted molar refractivity (Wildman–Crippen MR) is 104 cm³/mol. The molecular weight excluding hydrogens is 419 g/mol. The topological polar surface area (TPSA) is 84.9 Å². The van der Waals surface area contributed by atoms with Gasteiger partial charge in [0.05, 0.1) is 5.92 Å². The molecule has 2 atom stereocenters. The van der Waals surface area contributed by atoms with Crippen LogP contribution in [0.1, 0.15) is 47.0 Å². The van der Waals surface area contributed by atoms with Gasteiger partial charge in [-0.15, -0.1) is 0 Å². The number of rotatable bonds is 6. The van der Waals surface area contributed by atoms with Gasteiger partial charge in [0, 0.05) is 13.1 Å². The first-order valence-corrected chi connectivity index (χ1v) is 9.99. The van der Waals surface area contributed by atoms with Crippen molar-refractivity contribution in [3.05, 3.63) is 0 Å². The van der Waals surface area contributed by atoms with Crippen molar-refractivity contribution < 1.29 is 23.9 Å². The van der Waals surface area contributed by atoms with Crippen LogP contribution in [0, 0.1) is 5.92 Å². The molecule has 1 fully saturated rings. The third-order valence-electron chi connectivity index (χ3n) is 4.37. The SMILES string of the molecule is CCC(C)(C)OC(=O)N[C@@H](C)C(=O)N1CCC[C@@H](C(=O)OCC(Cl)(Cl)Cl)C1. The second-order valence-corrected chi connectivity index (χ2v) is 9.73. The highest BCUT2D eigenvalue weighted by Gasteiger charge is 2.33. The third kappa shape index (κ3) is 8.75. The number of likely N-dealkylation sites (tertiary alicyclic amines) is 1. The zero-order valence-electron chi connectivity index (χ0n) is 16.0. The minimum Gasteiger partial charge on any atom is -0.461 e. The molecule has 2 amide bonds. The van der Waals surface area contributed by atoms with Crippen LogP contribution in [0.25, 0.3) is 0 Å². The van der Waals surface area contributed by atoms with E-state index in [0.29, 0.717) is 25.8 Å². The number of alkyl halides is 3. The molecule has 10 heteroatoms. The molecule has 1 aliphatic rings. The van der Waals surface area contributed by atoms with Crippen molar-refractivity contribution in [3.8, 4) is 0 Å². The Bertz CT molecular complexity index is 551. The molecule has 156 valence electrons. The Morgan fingerprint density at radius 3 is 2.44 bits per heavy atom. The Kier molecular flexibility index (Phi) is 8.96. The van der Waals surface area contributed by atoms with E-state index in [1.54, 1.807) is 20.8 Å². The number of alkyl carbamates (subject to hydrolysis) is 1. The lowest BCUT2D eigenvalue weighted by atomic mass is 9.97. The molecular formula is C17H27Cl3N2O5. The summed E-state index contributed by atoms with van der Waals surface area (Å²) >= 11 is 16.7. The van der Waals surface area contributed by atoms with E-state index < -0.39 is 33.4 Å². The molecule has 0 saturated carbocycles. The summed E-state index contributed by atoms with van der Waals surface area (Å²) in [5.41, 5.74) is -0.616. The molecule has 7 nitrogen and oxygen atoms in total. The van der Waals surface area contributed by atoms with Crippen molar-refractivity contribution in [1.82, 2.24) is 10.2 Å². The number of hydrogen-bond donors (Lipinski definition) is 1. The monoisotopic (exact) mass is 444 g/mol. The van der Waals surface area contributed by atoms with E-state index in [-0.39, 0.29) is 19.1 Å². The summed E-state index contributed by atoms with van der Waals surface area (Å²) in [7, 11) is 0. The summed E-state index contributed by atoms with van der Waals surface area (Å²) in [6.45, 7) is 7.39. The Balaban J connectivity index is 2.56. The molecule has 0 spiro atoms. The van der Waals surface area contributed by atoms with Crippen molar-refractivity contribution in [3.63, 3.8) is 0 Å². The second kappa shape index (κ2) is 10.0. The fourth-order valence-corrected chi connectivity index (χ4v) is 2.67. The van der Waals surface area contributed by atoms with Crippen LogP contribution in [-0.4, -0.2) is 58.0 Å². The fourth-order valence-electron chi connectivity index (χ4n) is 2.51. The average molecular weight is 446 g/mol. The Labute approximate surface area is 175 Å². The fraction of sp³-hybridized carbons (Fsp3) is 0.824. The van der Waals surface area contributed by atoms with Crippen LogP contribution in [0.5, 0.6) is 0 Å². The molecule has 1 N–H and O–H groups in total. The Morgan fingerprint density at radius 2 is 1.89 bits per heavy atom. The van der Waals surface area contributed by atoms with Gasteiger partial charge in [0.15, 0.2) is 0 Å². The van der Waals surface area contributed by atoms with Gasteiger partial charge in [-0.2, -0.15) is 0 Å². The van der Waals surface area contributed by atoms with Crippen LogP contribution in [0.4, 0.5) is 4.79 Å². The van der Waals surface area contributed by atoms with Crippen LogP contribution in [0.2, 0.25) is 0 Å². The number of ether oxygens (including phenoxy) is 2. The molecule has 0 radical (unpaired) electrons. The van der Waals surface area contributed by atoms with Crippen LogP contribution < -0.4 is 5.32 Å². The molecule has 0 aromatic carbocycles. The summed E-state index contributed by atoms with van der Waals surface area (Å²) < 4.78 is 8.61. The first-order valence-electron chi connectivity index (χ1n) is 8.86. The maximum absolute atomic E-state index is 12.6. The average Bonchev–Trinajstić information content (AvgIpc) is 2.57. The number of carbonyl (C=O) groups excluding carboxylic acids is 3. The summed E-state index contributed by atoms with van der Waals surface area (Å²) in [6.07, 6.45) is 1.21. The number of nitrogens with zero attached hydrogens (tertiary/aromatic N) is 1. The molecule has 1 aliphatic heterocycles. The standard InChI is InChI=1S/C17H27Cl3N2O5/c1-5-16(3,4)27-15(25)21-11(2)13(23)22-8-6-7-12(9-22)14(24)26-10-17(18,19)20/h11-12H,5-10H2,1-4H3,(H,21,25)/t11-,12+/m0/s1. The van der Waals surface area contributed by atoms with Crippen LogP contribution >= 0.6 is 34.8 Å². The second-order valence-electron chi connectivity index (χ2n) is 7.22. The van der Waals surface area contributed by atoms with Gasteiger partial charge in [-0.3, -0.25) is 9.59 Å². The van der Waals surface area contributed by atoms with Gasteiger partial charge >= 0.3 is 12.1 Å². The van der Waals surface area contributed by atoms with E-state index in [2.05, 4.69) is 5.32 Å². The van der Waals surface area contributed by atoms with Crippen LogP contribution in [-0.2, 0) is 19.1 Å². The van der Waals surface area contributed by atoms with Gasteiger partial charge < -0.3 is 19.7 Å². The van der Waals surface area contributed by atoms with Crippen LogP contribution in [0.3, 0.4) is 0 Å². The molecule has 1 heterocycles. The maximum Gasteiger partial charge on any atom is 0.408 e. The van der Waals surface area contributed by atoms with Gasteiger partial charge in [0.1, 0.15) is 18.2 Å². The number of halogens is 3. The summed E-state index contributed by atoms with van der Waals surface area (Å²) in [4.78, 5) is 38.2. The highest BCUT2D eigenvalue weighted by Crippen LogP contribution is 2.27. The quantitative estimate of drug-likeness (QED) is 0.500. The van der Waals surface area contributed by atoms with E-state index in [9.17, 15) is 14.4 Å². The van der Waals surface area contributed by atoms with Gasteiger partial charge in [0.25, 0.3) is 0 Å². The molecule has 0 aromatic rings. The number of hydrogen-bond acceptors (Lipinski definition) is 5. The molecule has 0 aromatic heterocycles. The van der Waals surface area contributed by atoms with E-state index in [1.807, 2.05) is 6.92 Å². The largest absolute Gasteiger partial charge is 0.461 e. The number of carbonyl (C=O) groups is 3. The lowest BCUT2D eigenvalue weighted by Gasteiger charge is -2.33. The van der Waals surface area contributed by atoms with Crippen molar-refractivity contribution >= 4 is 52.8 Å². The normalized spacial score (nSPS) is 19.2. The first-order chi connectivity index (χ1) is 12.3. The minimum absolute atomic E-state index is 0.193. The minimum atomic E-state index is -1.68. The van der Waals surface area contributed by atoms with Gasteiger partial charge in [-0.25, -0.2) is 4.79 Å². The van der Waals surface area contributed by atoms with E-state index in [0.717, 1.165) is 0 Å². The molecule has 27 heavy (non-hydrogen) atoms. The van der Waals surface area contributed by atoms with Crippen molar-refractivity contribution in [1.29, 1.82) is 0 Å². The van der Waals surface area contributed by atoms with Crippen molar-refractivity contribution in [2.24, 2.45) is 5.92 Å². The van der Waals surface area contributed by atoms with Crippen molar-refractivity contribution in [2.45, 2.75) is 62.4 Å². The van der Waals surface area contributed by atoms with Gasteiger partial charge in [-0.05, 0) is 40.0 Å². The smallest absolute Gasteiger partial charge is 0.408 e. The lowest BCUT2D eigenvalue weighted by Crippen LogP contribution is -2.51. The lowest BCUT2D eigenvalue weighted by molar-refractivity contribution is -0.152. The number of piperidine rings is 1. The summed E-state index contributed by atoms with van der Waals surface area (Å²) in [5, 5.41) is 2.54. The van der Waals surface area contributed by atoms with Gasteiger partial charge in [-0.1, -0.05) is 41.7 Å². The third-order valence-corrected chi connectivity index (χ3v) is 4.70. The molecule has 0 aliphatic carbocycles. The Morgan fingerprint density at radius 1 is 1.26 bits per heavy atom. The first kappa shape index (κ1) is 24.1. The van der Waals surface area contributed by atoms with E-state index in [1.165, 1.54) is 4.90 Å². The van der Waals surface area contributed by atoms with E-state index >= 15 is 0 Å². The maximum atomic E-state index is 12.6. The zero-order valence-corrected chi connectivity index (χ0v) is 18.3. The summed E-state index contributed by atoms with van der Waals surface area (Å²) in [5.74, 6) is -1.29. The molecule has 1 rings (SSSR count). The van der Waals surface area contributed by atoms with Gasteiger partial charge in [0.2, 0.25) is 9.70 Å². The predicted octanol–water partition coefficient (Wildman–Crippen LogP) is 3.44. The molecule has 0 unspecified atom stereocenters. The highest BCUT2D eigenvalue weighted by molar-refractivity contribution is 6.67. The molecule has 1 saturated heterocycles. The van der Waals surface area contributed by atoms with E-state index in [4.69, 9.17) is 44.3 Å². The highest BCUT2D eigenvalue weighted by atomic mass is 35.6. The number of nitrogens with one attached hydrogen (secondary N) is 1. The van der Waals surface area contributed by atoms with Crippen LogP contribution in [0.15, 0.2) is 0 Å². The summed E-state index contributed by atoms with van der Waals surface area (Å²) in [6, 6.07) is -0.777. The number of esters is 1. The Hall–Kier alpha value is -0.920. The van der Waals surface area contributed by atoms with Crippen molar-refractivity contribution in [2.75, 3.05) is 19.7 Å².